The van der Waals surface area contributed by atoms with E-state index in [1.807, 2.05) is 26.0 Å². The van der Waals surface area contributed by atoms with Crippen molar-refractivity contribution >= 4 is 27.5 Å². The number of benzene rings is 1. The lowest BCUT2D eigenvalue weighted by atomic mass is 10.1. The molecule has 0 saturated heterocycles. The zero-order valence-electron chi connectivity index (χ0n) is 10.0. The summed E-state index contributed by atoms with van der Waals surface area (Å²) in [4.78, 5) is 4.28. The van der Waals surface area contributed by atoms with E-state index in [0.717, 1.165) is 10.0 Å². The van der Waals surface area contributed by atoms with Gasteiger partial charge in [0, 0.05) is 15.4 Å². The lowest BCUT2D eigenvalue weighted by molar-refractivity contribution is 0.359. The van der Waals surface area contributed by atoms with Gasteiger partial charge < -0.3 is 10.3 Å². The molecule has 1 aromatic carbocycles. The van der Waals surface area contributed by atoms with Gasteiger partial charge in [0.2, 0.25) is 5.89 Å². The number of aromatic nitrogens is 2. The Kier molecular flexibility index (Phi) is 4.04. The molecule has 1 heterocycles. The van der Waals surface area contributed by atoms with Gasteiger partial charge in [0.25, 0.3) is 0 Å². The van der Waals surface area contributed by atoms with E-state index in [2.05, 4.69) is 26.1 Å². The summed E-state index contributed by atoms with van der Waals surface area (Å²) in [5, 5.41) is 4.48. The molecule has 0 aliphatic rings. The van der Waals surface area contributed by atoms with Crippen molar-refractivity contribution in [2.45, 2.75) is 25.8 Å². The Morgan fingerprint density at radius 3 is 2.72 bits per heavy atom. The van der Waals surface area contributed by atoms with Gasteiger partial charge in [-0.05, 0) is 23.8 Å². The maximum atomic E-state index is 6.12. The number of halogens is 2. The van der Waals surface area contributed by atoms with Crippen LogP contribution in [0.15, 0.2) is 27.2 Å². The van der Waals surface area contributed by atoms with E-state index in [0.29, 0.717) is 16.7 Å². The Labute approximate surface area is 119 Å². The number of rotatable bonds is 3. The quantitative estimate of drug-likeness (QED) is 0.933. The first-order valence-electron chi connectivity index (χ1n) is 5.53. The molecule has 0 radical (unpaired) electrons. The fourth-order valence-electron chi connectivity index (χ4n) is 1.50. The maximum absolute atomic E-state index is 6.12. The molecular formula is C12H13BrClN3O. The van der Waals surface area contributed by atoms with Crippen LogP contribution < -0.4 is 5.73 Å². The van der Waals surface area contributed by atoms with Crippen molar-refractivity contribution in [3.05, 3.63) is 45.0 Å². The molecule has 0 bridgehead atoms. The van der Waals surface area contributed by atoms with E-state index < -0.39 is 6.04 Å². The summed E-state index contributed by atoms with van der Waals surface area (Å²) in [7, 11) is 0. The summed E-state index contributed by atoms with van der Waals surface area (Å²) in [6.07, 6.45) is 0. The number of nitrogens with zero attached hydrogens (tertiary/aromatic N) is 2. The van der Waals surface area contributed by atoms with Crippen molar-refractivity contribution in [1.29, 1.82) is 0 Å². The Morgan fingerprint density at radius 2 is 2.11 bits per heavy atom. The first-order chi connectivity index (χ1) is 8.49. The molecule has 0 fully saturated rings. The third-order valence-corrected chi connectivity index (χ3v) is 3.36. The molecule has 0 saturated carbocycles. The van der Waals surface area contributed by atoms with E-state index in [1.165, 1.54) is 0 Å². The lowest BCUT2D eigenvalue weighted by Gasteiger charge is -2.10. The second-order valence-corrected chi connectivity index (χ2v) is 5.61. The van der Waals surface area contributed by atoms with Crippen LogP contribution in [-0.2, 0) is 0 Å². The number of nitrogens with two attached hydrogens (primary N) is 1. The molecule has 18 heavy (non-hydrogen) atoms. The molecule has 2 rings (SSSR count). The average Bonchev–Trinajstić information content (AvgIpc) is 2.81. The zero-order chi connectivity index (χ0) is 13.3. The van der Waals surface area contributed by atoms with Crippen LogP contribution >= 0.6 is 27.5 Å². The first-order valence-corrected chi connectivity index (χ1v) is 6.70. The minimum Gasteiger partial charge on any atom is -0.339 e. The molecule has 1 aromatic heterocycles. The summed E-state index contributed by atoms with van der Waals surface area (Å²) < 4.78 is 6.05. The van der Waals surface area contributed by atoms with E-state index in [-0.39, 0.29) is 5.92 Å². The highest BCUT2D eigenvalue weighted by Crippen LogP contribution is 2.28. The van der Waals surface area contributed by atoms with Crippen molar-refractivity contribution in [2.75, 3.05) is 0 Å². The van der Waals surface area contributed by atoms with Crippen LogP contribution in [0.5, 0.6) is 0 Å². The van der Waals surface area contributed by atoms with Gasteiger partial charge >= 0.3 is 0 Å². The molecule has 96 valence electrons. The summed E-state index contributed by atoms with van der Waals surface area (Å²) >= 11 is 9.51. The molecule has 0 aliphatic carbocycles. The van der Waals surface area contributed by atoms with Crippen LogP contribution in [-0.4, -0.2) is 10.1 Å². The smallest absolute Gasteiger partial charge is 0.229 e. The topological polar surface area (TPSA) is 64.9 Å². The highest BCUT2D eigenvalue weighted by atomic mass is 79.9. The summed E-state index contributed by atoms with van der Waals surface area (Å²) in [5.74, 6) is 1.20. The van der Waals surface area contributed by atoms with Gasteiger partial charge in [-0.3, -0.25) is 0 Å². The van der Waals surface area contributed by atoms with Crippen LogP contribution in [0.25, 0.3) is 0 Å². The number of hydrogen-bond acceptors (Lipinski definition) is 4. The number of hydrogen-bond donors (Lipinski definition) is 1. The molecule has 0 aliphatic heterocycles. The minimum absolute atomic E-state index is 0.177. The Bertz CT molecular complexity index is 556. The second-order valence-electron chi connectivity index (χ2n) is 4.29. The molecule has 0 amide bonds. The first kappa shape index (κ1) is 13.5. The van der Waals surface area contributed by atoms with Gasteiger partial charge in [0.1, 0.15) is 0 Å². The lowest BCUT2D eigenvalue weighted by Crippen LogP contribution is -2.14. The van der Waals surface area contributed by atoms with Crippen LogP contribution in [0.4, 0.5) is 0 Å². The fraction of sp³-hybridized carbons (Fsp3) is 0.333. The van der Waals surface area contributed by atoms with E-state index in [4.69, 9.17) is 21.9 Å². The molecule has 6 heteroatoms. The highest BCUT2D eigenvalue weighted by molar-refractivity contribution is 9.10. The summed E-state index contributed by atoms with van der Waals surface area (Å²) in [6, 6.07) is 5.00. The van der Waals surface area contributed by atoms with Crippen molar-refractivity contribution in [3.63, 3.8) is 0 Å². The van der Waals surface area contributed by atoms with Crippen molar-refractivity contribution in [2.24, 2.45) is 5.73 Å². The normalized spacial score (nSPS) is 13.0. The Morgan fingerprint density at radius 1 is 1.39 bits per heavy atom. The zero-order valence-corrected chi connectivity index (χ0v) is 12.4. The van der Waals surface area contributed by atoms with Gasteiger partial charge in [-0.1, -0.05) is 46.5 Å². The van der Waals surface area contributed by atoms with Gasteiger partial charge in [0.15, 0.2) is 5.82 Å². The van der Waals surface area contributed by atoms with Crippen LogP contribution in [0.1, 0.15) is 43.1 Å². The standard InChI is InChI=1S/C12H13BrClN3O/c1-6(2)12-16-11(17-18-12)10(15)8-5-7(13)3-4-9(8)14/h3-6,10H,15H2,1-2H3. The molecule has 1 atom stereocenters. The van der Waals surface area contributed by atoms with Gasteiger partial charge in [-0.15, -0.1) is 0 Å². The third-order valence-electron chi connectivity index (χ3n) is 2.52. The minimum atomic E-state index is -0.494. The van der Waals surface area contributed by atoms with E-state index in [1.54, 1.807) is 6.07 Å². The Balaban J connectivity index is 2.34. The van der Waals surface area contributed by atoms with Crippen molar-refractivity contribution in [3.8, 4) is 0 Å². The second kappa shape index (κ2) is 5.38. The van der Waals surface area contributed by atoms with Gasteiger partial charge in [0.05, 0.1) is 6.04 Å². The van der Waals surface area contributed by atoms with E-state index >= 15 is 0 Å². The molecule has 2 aromatic rings. The fourth-order valence-corrected chi connectivity index (χ4v) is 2.11. The van der Waals surface area contributed by atoms with Crippen molar-refractivity contribution in [1.82, 2.24) is 10.1 Å². The molecule has 1 unspecified atom stereocenters. The van der Waals surface area contributed by atoms with Crippen LogP contribution in [0, 0.1) is 0 Å². The predicted molar refractivity (Wildman–Crippen MR) is 73.6 cm³/mol. The average molecular weight is 331 g/mol. The monoisotopic (exact) mass is 329 g/mol. The molecule has 0 spiro atoms. The molecule has 4 nitrogen and oxygen atoms in total. The Hall–Kier alpha value is -0.910. The predicted octanol–water partition coefficient (Wildman–Crippen LogP) is 3.66. The van der Waals surface area contributed by atoms with E-state index in [9.17, 15) is 0 Å². The van der Waals surface area contributed by atoms with Crippen LogP contribution in [0.3, 0.4) is 0 Å². The van der Waals surface area contributed by atoms with Crippen molar-refractivity contribution < 1.29 is 4.52 Å². The third kappa shape index (κ3) is 2.74. The summed E-state index contributed by atoms with van der Waals surface area (Å²) in [5.41, 5.74) is 6.88. The largest absolute Gasteiger partial charge is 0.339 e. The van der Waals surface area contributed by atoms with Gasteiger partial charge in [-0.2, -0.15) is 4.98 Å². The molecule has 2 N–H and O–H groups in total. The maximum Gasteiger partial charge on any atom is 0.229 e. The SMILES string of the molecule is CC(C)c1nc(C(N)c2cc(Br)ccc2Cl)no1. The highest BCUT2D eigenvalue weighted by Gasteiger charge is 2.20. The van der Waals surface area contributed by atoms with Crippen LogP contribution in [0.2, 0.25) is 5.02 Å². The summed E-state index contributed by atoms with van der Waals surface area (Å²) in [6.45, 7) is 3.96. The van der Waals surface area contributed by atoms with Gasteiger partial charge in [-0.25, -0.2) is 0 Å². The molecular weight excluding hydrogens is 318 g/mol.